The molecule has 3 N–H and O–H groups in total. The van der Waals surface area contributed by atoms with Gasteiger partial charge in [0.2, 0.25) is 5.91 Å². The third-order valence-electron chi connectivity index (χ3n) is 2.47. The number of ether oxygens (including phenoxy) is 1. The second-order valence-corrected chi connectivity index (χ2v) is 5.48. The number of amides is 1. The van der Waals surface area contributed by atoms with Gasteiger partial charge < -0.3 is 15.8 Å². The van der Waals surface area contributed by atoms with E-state index in [9.17, 15) is 4.79 Å². The molecule has 0 saturated carbocycles. The molecule has 0 saturated heterocycles. The summed E-state index contributed by atoms with van der Waals surface area (Å²) in [5.74, 6) is 0.754. The van der Waals surface area contributed by atoms with Crippen molar-refractivity contribution in [1.29, 1.82) is 0 Å². The predicted octanol–water partition coefficient (Wildman–Crippen LogP) is 2.24. The number of hydrogen-bond donors (Lipinski definition) is 2. The normalized spacial score (nSPS) is 10.6. The summed E-state index contributed by atoms with van der Waals surface area (Å²) in [6, 6.07) is 6.04. The maximum absolute atomic E-state index is 11.5. The fraction of sp³-hybridized carbons (Fsp3) is 0.500. The maximum Gasteiger partial charge on any atom is 0.223 e. The lowest BCUT2D eigenvalue weighted by Crippen LogP contribution is -2.31. The SMILES string of the molecule is CC(C)NC(=O)CCOc1ccc(CCN)cc1Br. The molecule has 0 spiro atoms. The van der Waals surface area contributed by atoms with E-state index >= 15 is 0 Å². The average Bonchev–Trinajstić information content (AvgIpc) is 2.31. The van der Waals surface area contributed by atoms with Crippen LogP contribution in [0.3, 0.4) is 0 Å². The molecule has 1 aromatic rings. The summed E-state index contributed by atoms with van der Waals surface area (Å²) >= 11 is 3.46. The molecule has 0 aliphatic carbocycles. The van der Waals surface area contributed by atoms with Crippen LogP contribution in [-0.4, -0.2) is 25.1 Å². The van der Waals surface area contributed by atoms with Crippen molar-refractivity contribution >= 4 is 21.8 Å². The summed E-state index contributed by atoms with van der Waals surface area (Å²) in [5.41, 5.74) is 6.68. The first-order chi connectivity index (χ1) is 9.02. The molecule has 0 unspecified atom stereocenters. The molecular weight excluding hydrogens is 308 g/mol. The van der Waals surface area contributed by atoms with Crippen molar-refractivity contribution < 1.29 is 9.53 Å². The van der Waals surface area contributed by atoms with E-state index in [1.54, 1.807) is 0 Å². The minimum Gasteiger partial charge on any atom is -0.492 e. The minimum absolute atomic E-state index is 0.00544. The molecular formula is C14H21BrN2O2. The van der Waals surface area contributed by atoms with Crippen molar-refractivity contribution in [3.8, 4) is 5.75 Å². The minimum atomic E-state index is 0.00544. The van der Waals surface area contributed by atoms with Crippen molar-refractivity contribution in [2.24, 2.45) is 5.73 Å². The second kappa shape index (κ2) is 8.17. The van der Waals surface area contributed by atoms with E-state index in [1.165, 1.54) is 5.56 Å². The number of benzene rings is 1. The van der Waals surface area contributed by atoms with Crippen LogP contribution >= 0.6 is 15.9 Å². The Labute approximate surface area is 122 Å². The van der Waals surface area contributed by atoms with Gasteiger partial charge in [-0.25, -0.2) is 0 Å². The zero-order chi connectivity index (χ0) is 14.3. The fourth-order valence-electron chi connectivity index (χ4n) is 1.63. The number of nitrogens with two attached hydrogens (primary N) is 1. The topological polar surface area (TPSA) is 64.3 Å². The first-order valence-electron chi connectivity index (χ1n) is 6.43. The molecule has 0 atom stereocenters. The van der Waals surface area contributed by atoms with Crippen LogP contribution in [-0.2, 0) is 11.2 Å². The lowest BCUT2D eigenvalue weighted by Gasteiger charge is -2.11. The van der Waals surface area contributed by atoms with Gasteiger partial charge in [-0.05, 0) is 60.4 Å². The summed E-state index contributed by atoms with van der Waals surface area (Å²) in [6.45, 7) is 4.87. The molecule has 0 aliphatic heterocycles. The van der Waals surface area contributed by atoms with Crippen molar-refractivity contribution in [3.63, 3.8) is 0 Å². The number of rotatable bonds is 7. The van der Waals surface area contributed by atoms with Crippen LogP contribution in [0.5, 0.6) is 5.75 Å². The monoisotopic (exact) mass is 328 g/mol. The van der Waals surface area contributed by atoms with Crippen LogP contribution in [0, 0.1) is 0 Å². The molecule has 0 radical (unpaired) electrons. The Hall–Kier alpha value is -1.07. The van der Waals surface area contributed by atoms with Crippen molar-refractivity contribution in [1.82, 2.24) is 5.32 Å². The second-order valence-electron chi connectivity index (χ2n) is 4.62. The van der Waals surface area contributed by atoms with E-state index in [4.69, 9.17) is 10.5 Å². The van der Waals surface area contributed by atoms with Crippen LogP contribution in [0.4, 0.5) is 0 Å². The van der Waals surface area contributed by atoms with Crippen molar-refractivity contribution in [2.45, 2.75) is 32.7 Å². The number of nitrogens with one attached hydrogen (secondary N) is 1. The predicted molar refractivity (Wildman–Crippen MR) is 80.3 cm³/mol. The Morgan fingerprint density at radius 2 is 2.21 bits per heavy atom. The molecule has 0 aromatic heterocycles. The average molecular weight is 329 g/mol. The summed E-state index contributed by atoms with van der Waals surface area (Å²) in [5, 5.41) is 2.82. The number of carbonyl (C=O) groups excluding carboxylic acids is 1. The van der Waals surface area contributed by atoms with E-state index in [0.29, 0.717) is 19.6 Å². The Balaban J connectivity index is 2.43. The first kappa shape index (κ1) is 16.0. The van der Waals surface area contributed by atoms with Crippen LogP contribution in [0.25, 0.3) is 0 Å². The molecule has 1 amide bonds. The molecule has 5 heteroatoms. The van der Waals surface area contributed by atoms with Gasteiger partial charge in [-0.1, -0.05) is 6.07 Å². The Morgan fingerprint density at radius 3 is 2.79 bits per heavy atom. The highest BCUT2D eigenvalue weighted by Crippen LogP contribution is 2.26. The Kier molecular flexibility index (Phi) is 6.87. The molecule has 0 aliphatic rings. The highest BCUT2D eigenvalue weighted by molar-refractivity contribution is 9.10. The smallest absolute Gasteiger partial charge is 0.223 e. The number of carbonyl (C=O) groups is 1. The summed E-state index contributed by atoms with van der Waals surface area (Å²) < 4.78 is 6.47. The highest BCUT2D eigenvalue weighted by atomic mass is 79.9. The molecule has 1 aromatic carbocycles. The lowest BCUT2D eigenvalue weighted by atomic mass is 10.1. The maximum atomic E-state index is 11.5. The Bertz CT molecular complexity index is 422. The molecule has 19 heavy (non-hydrogen) atoms. The zero-order valence-electron chi connectivity index (χ0n) is 11.4. The van der Waals surface area contributed by atoms with E-state index in [2.05, 4.69) is 21.2 Å². The summed E-state index contributed by atoms with van der Waals surface area (Å²) in [7, 11) is 0. The molecule has 4 nitrogen and oxygen atoms in total. The van der Waals surface area contributed by atoms with Gasteiger partial charge in [0.25, 0.3) is 0 Å². The molecule has 0 fully saturated rings. The molecule has 0 bridgehead atoms. The van der Waals surface area contributed by atoms with Gasteiger partial charge >= 0.3 is 0 Å². The van der Waals surface area contributed by atoms with Gasteiger partial charge in [-0.3, -0.25) is 4.79 Å². The quantitative estimate of drug-likeness (QED) is 0.806. The number of halogens is 1. The first-order valence-corrected chi connectivity index (χ1v) is 7.23. The summed E-state index contributed by atoms with van der Waals surface area (Å²) in [6.07, 6.45) is 1.20. The fourth-order valence-corrected chi connectivity index (χ4v) is 2.17. The standard InChI is InChI=1S/C14H21BrN2O2/c1-10(2)17-14(18)6-8-19-13-4-3-11(5-7-16)9-12(13)15/h3-4,9-10H,5-8,16H2,1-2H3,(H,17,18). The van der Waals surface area contributed by atoms with Crippen LogP contribution in [0.1, 0.15) is 25.8 Å². The van der Waals surface area contributed by atoms with Gasteiger partial charge in [0.1, 0.15) is 5.75 Å². The third-order valence-corrected chi connectivity index (χ3v) is 3.09. The van der Waals surface area contributed by atoms with Gasteiger partial charge in [-0.15, -0.1) is 0 Å². The third kappa shape index (κ3) is 6.07. The van der Waals surface area contributed by atoms with Crippen LogP contribution in [0.15, 0.2) is 22.7 Å². The molecule has 106 valence electrons. The van der Waals surface area contributed by atoms with E-state index in [-0.39, 0.29) is 11.9 Å². The van der Waals surface area contributed by atoms with Gasteiger partial charge in [0.05, 0.1) is 17.5 Å². The highest BCUT2D eigenvalue weighted by Gasteiger charge is 2.06. The number of hydrogen-bond acceptors (Lipinski definition) is 3. The zero-order valence-corrected chi connectivity index (χ0v) is 13.0. The van der Waals surface area contributed by atoms with Gasteiger partial charge in [-0.2, -0.15) is 0 Å². The Morgan fingerprint density at radius 1 is 1.47 bits per heavy atom. The summed E-state index contributed by atoms with van der Waals surface area (Å²) in [4.78, 5) is 11.5. The van der Waals surface area contributed by atoms with Crippen LogP contribution in [0.2, 0.25) is 0 Å². The van der Waals surface area contributed by atoms with Gasteiger partial charge in [0.15, 0.2) is 0 Å². The van der Waals surface area contributed by atoms with Crippen molar-refractivity contribution in [2.75, 3.05) is 13.2 Å². The van der Waals surface area contributed by atoms with Crippen molar-refractivity contribution in [3.05, 3.63) is 28.2 Å². The molecule has 0 heterocycles. The van der Waals surface area contributed by atoms with Gasteiger partial charge in [0, 0.05) is 6.04 Å². The van der Waals surface area contributed by atoms with E-state index < -0.39 is 0 Å². The van der Waals surface area contributed by atoms with Crippen LogP contribution < -0.4 is 15.8 Å². The van der Waals surface area contributed by atoms with E-state index in [0.717, 1.165) is 16.6 Å². The van der Waals surface area contributed by atoms with E-state index in [1.807, 2.05) is 32.0 Å². The molecule has 1 rings (SSSR count). The lowest BCUT2D eigenvalue weighted by molar-refractivity contribution is -0.122. The largest absolute Gasteiger partial charge is 0.492 e.